The van der Waals surface area contributed by atoms with Crippen LogP contribution in [0.3, 0.4) is 0 Å². The molecule has 0 aliphatic heterocycles. The zero-order chi connectivity index (χ0) is 20.6. The normalized spacial score (nSPS) is 10.8. The third-order valence-electron chi connectivity index (χ3n) is 3.67. The molecule has 0 saturated heterocycles. The van der Waals surface area contributed by atoms with E-state index in [1.807, 2.05) is 0 Å². The molecule has 9 heteroatoms. The van der Waals surface area contributed by atoms with Gasteiger partial charge in [-0.25, -0.2) is 18.0 Å². The molecule has 0 bridgehead atoms. The van der Waals surface area contributed by atoms with Gasteiger partial charge in [-0.05, 0) is 35.0 Å². The van der Waals surface area contributed by atoms with E-state index < -0.39 is 46.8 Å². The summed E-state index contributed by atoms with van der Waals surface area (Å²) in [4.78, 5) is 23.1. The van der Waals surface area contributed by atoms with Crippen LogP contribution in [0.25, 0.3) is 10.8 Å². The molecule has 0 radical (unpaired) electrons. The number of fused-ring (bicyclic) bond motifs is 1. The molecule has 0 N–H and O–H groups in total. The van der Waals surface area contributed by atoms with Gasteiger partial charge in [0.25, 0.3) is 0 Å². The zero-order valence-corrected chi connectivity index (χ0v) is 14.0. The van der Waals surface area contributed by atoms with Crippen molar-refractivity contribution < 1.29 is 41.0 Å². The number of carbonyl (C=O) groups excluding carboxylic acids is 2. The maximum absolute atomic E-state index is 13.6. The Morgan fingerprint density at radius 1 is 0.714 bits per heavy atom. The molecule has 3 aromatic rings. The van der Waals surface area contributed by atoms with Crippen LogP contribution in [0.5, 0.6) is 11.5 Å². The monoisotopic (exact) mass is 396 g/mol. The summed E-state index contributed by atoms with van der Waals surface area (Å²) in [7, 11) is 0. The van der Waals surface area contributed by atoms with Crippen molar-refractivity contribution >= 4 is 22.7 Å². The van der Waals surface area contributed by atoms with Crippen molar-refractivity contribution in [1.82, 2.24) is 0 Å². The van der Waals surface area contributed by atoms with Gasteiger partial charge in [-0.15, -0.1) is 0 Å². The van der Waals surface area contributed by atoms with Crippen LogP contribution in [0, 0.1) is 29.1 Å². The molecule has 0 saturated carbocycles. The lowest BCUT2D eigenvalue weighted by molar-refractivity contribution is -0.131. The van der Waals surface area contributed by atoms with Gasteiger partial charge in [-0.1, -0.05) is 12.1 Å². The predicted octanol–water partition coefficient (Wildman–Crippen LogP) is 4.68. The highest BCUT2D eigenvalue weighted by atomic mass is 19.2. The highest BCUT2D eigenvalue weighted by molar-refractivity contribution is 5.96. The van der Waals surface area contributed by atoms with Gasteiger partial charge in [-0.2, -0.15) is 8.78 Å². The van der Waals surface area contributed by atoms with E-state index in [0.717, 1.165) is 0 Å². The molecule has 0 spiro atoms. The minimum absolute atomic E-state index is 0.198. The van der Waals surface area contributed by atoms with E-state index in [1.54, 1.807) is 0 Å². The molecular formula is C19H9F5O4. The van der Waals surface area contributed by atoms with E-state index in [2.05, 4.69) is 4.74 Å². The Hall–Kier alpha value is -3.49. The smallest absolute Gasteiger partial charge is 0.343 e. The Balaban J connectivity index is 1.93. The van der Waals surface area contributed by atoms with Gasteiger partial charge >= 0.3 is 11.9 Å². The van der Waals surface area contributed by atoms with E-state index in [1.165, 1.54) is 43.3 Å². The van der Waals surface area contributed by atoms with Crippen molar-refractivity contribution in [3.8, 4) is 11.5 Å². The largest absolute Gasteiger partial charge is 0.427 e. The number of hydrogen-bond acceptors (Lipinski definition) is 4. The van der Waals surface area contributed by atoms with Crippen molar-refractivity contribution in [3.05, 3.63) is 71.0 Å². The summed E-state index contributed by atoms with van der Waals surface area (Å²) in [5.41, 5.74) is -0.198. The summed E-state index contributed by atoms with van der Waals surface area (Å²) >= 11 is 0. The Morgan fingerprint density at radius 3 is 1.86 bits per heavy atom. The molecule has 144 valence electrons. The summed E-state index contributed by atoms with van der Waals surface area (Å²) in [5, 5.41) is 1.04. The van der Waals surface area contributed by atoms with Crippen molar-refractivity contribution in [3.63, 3.8) is 0 Å². The molecule has 0 unspecified atom stereocenters. The summed E-state index contributed by atoms with van der Waals surface area (Å²) < 4.78 is 76.1. The molecule has 0 atom stereocenters. The molecule has 3 rings (SSSR count). The number of esters is 2. The van der Waals surface area contributed by atoms with Crippen LogP contribution in [0.4, 0.5) is 22.0 Å². The fourth-order valence-electron chi connectivity index (χ4n) is 2.41. The van der Waals surface area contributed by atoms with Gasteiger partial charge in [0.15, 0.2) is 0 Å². The molecule has 0 aromatic heterocycles. The minimum Gasteiger partial charge on any atom is -0.427 e. The second kappa shape index (κ2) is 7.26. The van der Waals surface area contributed by atoms with Gasteiger partial charge in [0.2, 0.25) is 34.8 Å². The van der Waals surface area contributed by atoms with Crippen molar-refractivity contribution in [2.24, 2.45) is 0 Å². The number of benzene rings is 3. The number of ether oxygens (including phenoxy) is 2. The molecule has 4 nitrogen and oxygen atoms in total. The average molecular weight is 396 g/mol. The lowest BCUT2D eigenvalue weighted by Crippen LogP contribution is -2.13. The van der Waals surface area contributed by atoms with Crippen molar-refractivity contribution in [2.45, 2.75) is 6.92 Å². The van der Waals surface area contributed by atoms with Crippen LogP contribution in [-0.2, 0) is 4.79 Å². The quantitative estimate of drug-likeness (QED) is 0.212. The molecule has 0 heterocycles. The summed E-state index contributed by atoms with van der Waals surface area (Å²) in [6.07, 6.45) is 0. The van der Waals surface area contributed by atoms with Crippen LogP contribution in [0.1, 0.15) is 17.3 Å². The first-order valence-electron chi connectivity index (χ1n) is 7.65. The first kappa shape index (κ1) is 19.3. The third kappa shape index (κ3) is 3.51. The Kier molecular flexibility index (Phi) is 5.00. The lowest BCUT2D eigenvalue weighted by Gasteiger charge is -2.09. The molecule has 28 heavy (non-hydrogen) atoms. The standard InChI is InChI=1S/C19H9F5O4/c1-8(25)27-12-5-4-9-6-11(3-2-10(9)7-12)19(26)28-18-16(23)14(21)13(20)15(22)17(18)24/h2-7H,1H3. The lowest BCUT2D eigenvalue weighted by atomic mass is 10.1. The molecule has 0 fully saturated rings. The van der Waals surface area contributed by atoms with E-state index >= 15 is 0 Å². The Labute approximate surface area is 154 Å². The fourth-order valence-corrected chi connectivity index (χ4v) is 2.41. The summed E-state index contributed by atoms with van der Waals surface area (Å²) in [6.45, 7) is 1.22. The van der Waals surface area contributed by atoms with Crippen LogP contribution in [0.2, 0.25) is 0 Å². The number of hydrogen-bond donors (Lipinski definition) is 0. The highest BCUT2D eigenvalue weighted by Crippen LogP contribution is 2.30. The molecule has 0 aliphatic rings. The first-order valence-corrected chi connectivity index (χ1v) is 7.65. The van der Waals surface area contributed by atoms with Crippen LogP contribution < -0.4 is 9.47 Å². The highest BCUT2D eigenvalue weighted by Gasteiger charge is 2.28. The Morgan fingerprint density at radius 2 is 1.25 bits per heavy atom. The molecule has 3 aromatic carbocycles. The first-order chi connectivity index (χ1) is 13.2. The molecule has 0 amide bonds. The topological polar surface area (TPSA) is 52.6 Å². The molecular weight excluding hydrogens is 387 g/mol. The van der Waals surface area contributed by atoms with Crippen LogP contribution in [0.15, 0.2) is 36.4 Å². The van der Waals surface area contributed by atoms with E-state index in [9.17, 15) is 31.5 Å². The zero-order valence-electron chi connectivity index (χ0n) is 14.0. The Bertz CT molecular complexity index is 1100. The van der Waals surface area contributed by atoms with E-state index in [0.29, 0.717) is 10.8 Å². The van der Waals surface area contributed by atoms with Crippen molar-refractivity contribution in [2.75, 3.05) is 0 Å². The summed E-state index contributed by atoms with van der Waals surface area (Å²) in [5.74, 6) is -14.6. The molecule has 0 aliphatic carbocycles. The number of carbonyl (C=O) groups is 2. The average Bonchev–Trinajstić information content (AvgIpc) is 2.67. The van der Waals surface area contributed by atoms with Crippen LogP contribution in [-0.4, -0.2) is 11.9 Å². The number of rotatable bonds is 3. The van der Waals surface area contributed by atoms with Gasteiger partial charge in [0, 0.05) is 6.92 Å². The second-order valence-corrected chi connectivity index (χ2v) is 5.61. The van der Waals surface area contributed by atoms with Gasteiger partial charge < -0.3 is 9.47 Å². The van der Waals surface area contributed by atoms with Gasteiger partial charge in [0.1, 0.15) is 5.75 Å². The SMILES string of the molecule is CC(=O)Oc1ccc2cc(C(=O)Oc3c(F)c(F)c(F)c(F)c3F)ccc2c1. The summed E-state index contributed by atoms with van der Waals surface area (Å²) in [6, 6.07) is 8.38. The van der Waals surface area contributed by atoms with E-state index in [-0.39, 0.29) is 11.3 Å². The van der Waals surface area contributed by atoms with Gasteiger partial charge in [-0.3, -0.25) is 4.79 Å². The van der Waals surface area contributed by atoms with E-state index in [4.69, 9.17) is 4.74 Å². The minimum atomic E-state index is -2.36. The maximum Gasteiger partial charge on any atom is 0.343 e. The third-order valence-corrected chi connectivity index (χ3v) is 3.67. The predicted molar refractivity (Wildman–Crippen MR) is 86.4 cm³/mol. The maximum atomic E-state index is 13.6. The second-order valence-electron chi connectivity index (χ2n) is 5.61. The fraction of sp³-hybridized carbons (Fsp3) is 0.0526. The number of halogens is 5. The van der Waals surface area contributed by atoms with Gasteiger partial charge in [0.05, 0.1) is 5.56 Å². The van der Waals surface area contributed by atoms with Crippen molar-refractivity contribution in [1.29, 1.82) is 0 Å². The van der Waals surface area contributed by atoms with Crippen LogP contribution >= 0.6 is 0 Å².